The molecule has 0 spiro atoms. The van der Waals surface area contributed by atoms with E-state index in [1.54, 1.807) is 0 Å². The molecule has 8 nitrogen and oxygen atoms in total. The Labute approximate surface area is 138 Å². The van der Waals surface area contributed by atoms with Gasteiger partial charge in [0, 0.05) is 19.0 Å². The number of nitrogens with zero attached hydrogens (tertiary/aromatic N) is 4. The van der Waals surface area contributed by atoms with Gasteiger partial charge in [-0.25, -0.2) is 18.8 Å². The zero-order valence-electron chi connectivity index (χ0n) is 12.7. The van der Waals surface area contributed by atoms with Crippen molar-refractivity contribution in [3.8, 4) is 0 Å². The Balaban J connectivity index is 1.86. The number of alkyl halides is 3. The number of carboxylic acid groups (broad SMARTS) is 1. The van der Waals surface area contributed by atoms with Crippen molar-refractivity contribution >= 4 is 6.16 Å². The van der Waals surface area contributed by atoms with E-state index < -0.39 is 29.8 Å². The highest BCUT2D eigenvalue weighted by molar-refractivity contribution is 5.56. The first-order valence-electron chi connectivity index (χ1n) is 7.35. The molecular weight excluding hydrogens is 345 g/mol. The maximum Gasteiger partial charge on any atom is 0.507 e. The van der Waals surface area contributed by atoms with E-state index in [1.807, 2.05) is 0 Å². The maximum absolute atomic E-state index is 12.5. The first-order chi connectivity index (χ1) is 11.8. The zero-order valence-corrected chi connectivity index (χ0v) is 12.7. The van der Waals surface area contributed by atoms with Gasteiger partial charge < -0.3 is 9.84 Å². The summed E-state index contributed by atoms with van der Waals surface area (Å²) in [6, 6.07) is 2.04. The summed E-state index contributed by atoms with van der Waals surface area (Å²) in [5.74, 6) is 0.370. The van der Waals surface area contributed by atoms with E-state index in [0.717, 1.165) is 15.3 Å². The number of pyridine rings is 1. The Morgan fingerprint density at radius 3 is 2.76 bits per heavy atom. The summed E-state index contributed by atoms with van der Waals surface area (Å²) >= 11 is 0. The molecule has 1 aliphatic rings. The first kappa shape index (κ1) is 17.0. The van der Waals surface area contributed by atoms with E-state index in [9.17, 15) is 22.8 Å². The predicted octanol–water partition coefficient (Wildman–Crippen LogP) is 2.04. The Kier molecular flexibility index (Phi) is 4.23. The average Bonchev–Trinajstić information content (AvgIpc) is 2.84. The van der Waals surface area contributed by atoms with Gasteiger partial charge in [-0.2, -0.15) is 18.3 Å². The van der Waals surface area contributed by atoms with Crippen LogP contribution in [0.3, 0.4) is 0 Å². The zero-order chi connectivity index (χ0) is 18.2. The Morgan fingerprint density at radius 1 is 1.40 bits per heavy atom. The van der Waals surface area contributed by atoms with E-state index in [0.29, 0.717) is 31.3 Å². The molecule has 0 bridgehead atoms. The number of fused-ring (bicyclic) bond motifs is 1. The lowest BCUT2D eigenvalue weighted by molar-refractivity contribution is -0.137. The molecule has 0 saturated carbocycles. The van der Waals surface area contributed by atoms with Crippen molar-refractivity contribution in [2.45, 2.75) is 38.2 Å². The normalized spacial score (nSPS) is 17.2. The first-order valence-corrected chi connectivity index (χ1v) is 7.35. The van der Waals surface area contributed by atoms with Crippen LogP contribution in [0.2, 0.25) is 0 Å². The van der Waals surface area contributed by atoms with Gasteiger partial charge in [-0.05, 0) is 18.6 Å². The van der Waals surface area contributed by atoms with Crippen molar-refractivity contribution < 1.29 is 27.8 Å². The molecule has 0 aromatic carbocycles. The second-order valence-electron chi connectivity index (χ2n) is 5.49. The molecule has 0 fully saturated rings. The van der Waals surface area contributed by atoms with E-state index in [4.69, 9.17) is 9.84 Å². The number of aromatic nitrogens is 4. The van der Waals surface area contributed by atoms with Gasteiger partial charge in [-0.3, -0.25) is 4.98 Å². The van der Waals surface area contributed by atoms with Gasteiger partial charge in [0.1, 0.15) is 5.82 Å². The summed E-state index contributed by atoms with van der Waals surface area (Å²) in [5, 5.41) is 12.9. The van der Waals surface area contributed by atoms with Gasteiger partial charge in [-0.1, -0.05) is 0 Å². The predicted molar refractivity (Wildman–Crippen MR) is 75.9 cm³/mol. The molecule has 1 atom stereocenters. The molecule has 25 heavy (non-hydrogen) atoms. The number of carbonyl (C=O) groups is 1. The second kappa shape index (κ2) is 6.22. The van der Waals surface area contributed by atoms with Gasteiger partial charge in [0.25, 0.3) is 0 Å². The molecule has 0 amide bonds. The number of ether oxygens (including phenoxy) is 1. The van der Waals surface area contributed by atoms with Crippen LogP contribution in [0.15, 0.2) is 23.1 Å². The summed E-state index contributed by atoms with van der Waals surface area (Å²) in [7, 11) is 0. The lowest BCUT2D eigenvalue weighted by Crippen LogP contribution is -2.33. The highest BCUT2D eigenvalue weighted by atomic mass is 19.4. The highest BCUT2D eigenvalue weighted by Gasteiger charge is 2.31. The third kappa shape index (κ3) is 3.49. The summed E-state index contributed by atoms with van der Waals surface area (Å²) in [4.78, 5) is 26.9. The van der Waals surface area contributed by atoms with Crippen LogP contribution in [-0.4, -0.2) is 30.6 Å². The molecule has 1 N–H and O–H groups in total. The summed E-state index contributed by atoms with van der Waals surface area (Å²) in [6.45, 7) is -0.128. The summed E-state index contributed by atoms with van der Waals surface area (Å²) in [5.41, 5.74) is -1.26. The fourth-order valence-electron chi connectivity index (χ4n) is 2.66. The minimum Gasteiger partial charge on any atom is -0.450 e. The van der Waals surface area contributed by atoms with E-state index in [2.05, 4.69) is 10.1 Å². The number of rotatable bonds is 3. The van der Waals surface area contributed by atoms with Crippen LogP contribution in [-0.2, 0) is 23.9 Å². The van der Waals surface area contributed by atoms with Crippen LogP contribution < -0.4 is 5.69 Å². The maximum atomic E-state index is 12.5. The Hall–Kier alpha value is -2.85. The average molecular weight is 358 g/mol. The van der Waals surface area contributed by atoms with Crippen molar-refractivity contribution in [3.05, 3.63) is 45.9 Å². The number of hydrogen-bond donors (Lipinski definition) is 1. The number of hydrogen-bond acceptors (Lipinski definition) is 5. The topological polar surface area (TPSA) is 99.2 Å². The van der Waals surface area contributed by atoms with Crippen LogP contribution in [0, 0.1) is 0 Å². The van der Waals surface area contributed by atoms with Crippen LogP contribution in [0.1, 0.15) is 36.2 Å². The van der Waals surface area contributed by atoms with E-state index in [1.165, 1.54) is 6.07 Å². The molecule has 0 aliphatic carbocycles. The summed E-state index contributed by atoms with van der Waals surface area (Å²) in [6.07, 6.45) is -4.83. The lowest BCUT2D eigenvalue weighted by atomic mass is 10.1. The quantitative estimate of drug-likeness (QED) is 0.843. The molecule has 0 radical (unpaired) electrons. The van der Waals surface area contributed by atoms with Crippen LogP contribution >= 0.6 is 0 Å². The smallest absolute Gasteiger partial charge is 0.450 e. The highest BCUT2D eigenvalue weighted by Crippen LogP contribution is 2.28. The van der Waals surface area contributed by atoms with Gasteiger partial charge >= 0.3 is 18.0 Å². The van der Waals surface area contributed by atoms with E-state index >= 15 is 0 Å². The standard InChI is InChI=1S/C14H13F3N4O4/c15-14(16,17)8-4-5-9(18-6-8)7-20-12(22)21-10(19-20)2-1-3-11(21)25-13(23)24/h4-6,11H,1-3,7H2,(H,23,24)/t11-/m0/s1. The second-order valence-corrected chi connectivity index (χ2v) is 5.49. The Bertz CT molecular complexity index is 841. The van der Waals surface area contributed by atoms with Gasteiger partial charge in [-0.15, -0.1) is 0 Å². The third-order valence-electron chi connectivity index (χ3n) is 3.78. The van der Waals surface area contributed by atoms with Crippen molar-refractivity contribution in [2.24, 2.45) is 0 Å². The monoisotopic (exact) mass is 358 g/mol. The number of halogens is 3. The van der Waals surface area contributed by atoms with Crippen LogP contribution in [0.4, 0.5) is 18.0 Å². The fourth-order valence-corrected chi connectivity index (χ4v) is 2.66. The van der Waals surface area contributed by atoms with Crippen LogP contribution in [0.5, 0.6) is 0 Å². The van der Waals surface area contributed by atoms with Crippen LogP contribution in [0.25, 0.3) is 0 Å². The van der Waals surface area contributed by atoms with Crippen molar-refractivity contribution in [1.82, 2.24) is 19.3 Å². The van der Waals surface area contributed by atoms with E-state index in [-0.39, 0.29) is 12.2 Å². The molecule has 2 aromatic heterocycles. The molecule has 2 aromatic rings. The Morgan fingerprint density at radius 2 is 2.16 bits per heavy atom. The third-order valence-corrected chi connectivity index (χ3v) is 3.78. The largest absolute Gasteiger partial charge is 0.507 e. The van der Waals surface area contributed by atoms with Gasteiger partial charge in [0.15, 0.2) is 6.23 Å². The number of aryl methyl sites for hydroxylation is 1. The van der Waals surface area contributed by atoms with Crippen molar-refractivity contribution in [1.29, 1.82) is 0 Å². The SMILES string of the molecule is O=C(O)O[C@H]1CCCc2nn(Cc3ccc(C(F)(F)F)cn3)c(=O)n21. The molecule has 11 heteroatoms. The molecule has 0 unspecified atom stereocenters. The van der Waals surface area contributed by atoms with Gasteiger partial charge in [0.2, 0.25) is 0 Å². The summed E-state index contributed by atoms with van der Waals surface area (Å²) < 4.78 is 44.5. The molecular formula is C14H13F3N4O4. The fraction of sp³-hybridized carbons (Fsp3) is 0.429. The van der Waals surface area contributed by atoms with Crippen molar-refractivity contribution in [2.75, 3.05) is 0 Å². The minimum atomic E-state index is -4.49. The van der Waals surface area contributed by atoms with Gasteiger partial charge in [0.05, 0.1) is 17.8 Å². The molecule has 1 aliphatic heterocycles. The molecule has 134 valence electrons. The molecule has 3 heterocycles. The lowest BCUT2D eigenvalue weighted by Gasteiger charge is -2.21. The molecule has 3 rings (SSSR count). The minimum absolute atomic E-state index is 0.128. The van der Waals surface area contributed by atoms with Crippen molar-refractivity contribution in [3.63, 3.8) is 0 Å². The molecule has 0 saturated heterocycles.